The second-order valence-electron chi connectivity index (χ2n) is 16.6. The topological polar surface area (TPSA) is 66.7 Å². The Hall–Kier alpha value is -8.22. The number of ether oxygens (including phenoxy) is 1. The van der Waals surface area contributed by atoms with Crippen LogP contribution in [0.1, 0.15) is 39.9 Å². The summed E-state index contributed by atoms with van der Waals surface area (Å²) in [6.07, 6.45) is 6.22. The monoisotopic (exact) mass is 809 g/mol. The smallest absolute Gasteiger partial charge is 0.170 e. The fraction of sp³-hybridized carbons (Fsp3) is 0.0526. The predicted octanol–water partition coefficient (Wildman–Crippen LogP) is 13.1. The van der Waals surface area contributed by atoms with Crippen LogP contribution < -0.4 is 10.1 Å². The number of amidine groups is 2. The van der Waals surface area contributed by atoms with Crippen molar-refractivity contribution >= 4 is 60.9 Å². The summed E-state index contributed by atoms with van der Waals surface area (Å²) in [5.41, 5.74) is 14.7. The third-order valence-electron chi connectivity index (χ3n) is 13.0. The minimum atomic E-state index is -0.489. The molecule has 0 saturated heterocycles. The Morgan fingerprint density at radius 3 is 2.03 bits per heavy atom. The molecule has 1 aliphatic carbocycles. The van der Waals surface area contributed by atoms with Gasteiger partial charge in [-0.2, -0.15) is 0 Å². The molecule has 0 saturated carbocycles. The van der Waals surface area contributed by atoms with Crippen LogP contribution in [0.25, 0.3) is 66.0 Å². The lowest BCUT2D eigenvalue weighted by atomic mass is 9.84. The van der Waals surface area contributed by atoms with Gasteiger partial charge in [0.25, 0.3) is 0 Å². The molecule has 4 heterocycles. The number of hydrogen-bond acceptors (Lipinski definition) is 4. The van der Waals surface area contributed by atoms with Crippen LogP contribution in [0.2, 0.25) is 0 Å². The molecule has 6 heteroatoms. The van der Waals surface area contributed by atoms with E-state index in [2.05, 4.69) is 215 Å². The van der Waals surface area contributed by atoms with Gasteiger partial charge in [0, 0.05) is 66.5 Å². The SMILES string of the molecule is C1=CC2Oc3cccc(C4N=C(c5ccccc5)NC(c5ccc(-c6cccc7c6[nH]c6ccccc67)cc5)=N4)c3C2C=C1c1ccc2c(c1)c1ccccc1n2-c1ccccc1. The van der Waals surface area contributed by atoms with E-state index >= 15 is 0 Å². The van der Waals surface area contributed by atoms with Gasteiger partial charge in [-0.1, -0.05) is 158 Å². The van der Waals surface area contributed by atoms with Crippen molar-refractivity contribution < 1.29 is 4.74 Å². The minimum Gasteiger partial charge on any atom is -0.485 e. The first-order valence-corrected chi connectivity index (χ1v) is 21.6. The lowest BCUT2D eigenvalue weighted by Gasteiger charge is -2.25. The van der Waals surface area contributed by atoms with E-state index in [1.54, 1.807) is 0 Å². The molecule has 6 nitrogen and oxygen atoms in total. The van der Waals surface area contributed by atoms with Gasteiger partial charge in [0.05, 0.1) is 16.6 Å². The predicted molar refractivity (Wildman–Crippen MR) is 258 cm³/mol. The first kappa shape index (κ1) is 35.5. The van der Waals surface area contributed by atoms with Crippen LogP contribution in [0.4, 0.5) is 0 Å². The van der Waals surface area contributed by atoms with Gasteiger partial charge in [0.1, 0.15) is 23.5 Å². The van der Waals surface area contributed by atoms with E-state index in [1.165, 1.54) is 49.3 Å². The molecule has 10 aromatic rings. The molecule has 8 aromatic carbocycles. The molecule has 2 N–H and O–H groups in total. The molecule has 0 fully saturated rings. The van der Waals surface area contributed by atoms with E-state index in [1.807, 2.05) is 6.07 Å². The van der Waals surface area contributed by atoms with Crippen LogP contribution in [0.15, 0.2) is 216 Å². The maximum atomic E-state index is 6.68. The number of aliphatic imine (C=N–C) groups is 2. The molecule has 298 valence electrons. The lowest BCUT2D eigenvalue weighted by molar-refractivity contribution is 0.269. The number of aromatic amines is 1. The van der Waals surface area contributed by atoms with Gasteiger partial charge in [0.15, 0.2) is 6.17 Å². The molecule has 2 aliphatic heterocycles. The first-order chi connectivity index (χ1) is 31.2. The molecule has 63 heavy (non-hydrogen) atoms. The number of aromatic nitrogens is 2. The van der Waals surface area contributed by atoms with Crippen LogP contribution >= 0.6 is 0 Å². The van der Waals surface area contributed by atoms with Gasteiger partial charge >= 0.3 is 0 Å². The van der Waals surface area contributed by atoms with E-state index in [4.69, 9.17) is 14.7 Å². The standard InChI is InChI=1S/C57H39N5O/c1-3-13-36(14-4-1)55-59-56(37-27-25-35(26-28-37)41-19-11-20-44-42-17-7-9-22-48(42)58-54(41)44)61-57(60-55)45-21-12-24-52-53(45)47-34-39(30-32-51(47)63-52)38-29-31-50-46(33-38)43-18-8-10-23-49(43)62(50)40-15-5-2-6-16-40/h1-34,47,51,57-58H,(H,59,60,61). The van der Waals surface area contributed by atoms with E-state index in [9.17, 15) is 0 Å². The normalized spacial score (nSPS) is 17.8. The van der Waals surface area contributed by atoms with Gasteiger partial charge in [-0.15, -0.1) is 0 Å². The van der Waals surface area contributed by atoms with Crippen LogP contribution in [-0.4, -0.2) is 27.3 Å². The van der Waals surface area contributed by atoms with E-state index in [0.29, 0.717) is 0 Å². The van der Waals surface area contributed by atoms with E-state index in [-0.39, 0.29) is 12.0 Å². The van der Waals surface area contributed by atoms with Crippen molar-refractivity contribution in [3.8, 4) is 22.6 Å². The Kier molecular flexibility index (Phi) is 8.00. The van der Waals surface area contributed by atoms with Crippen molar-refractivity contribution in [2.24, 2.45) is 9.98 Å². The van der Waals surface area contributed by atoms with Crippen LogP contribution in [0.5, 0.6) is 5.75 Å². The number of benzene rings is 8. The van der Waals surface area contributed by atoms with Crippen molar-refractivity contribution in [3.05, 3.63) is 234 Å². The van der Waals surface area contributed by atoms with Gasteiger partial charge in [-0.3, -0.25) is 0 Å². The molecule has 0 amide bonds. The lowest BCUT2D eigenvalue weighted by Crippen LogP contribution is -2.36. The summed E-state index contributed by atoms with van der Waals surface area (Å²) < 4.78 is 9.05. The van der Waals surface area contributed by atoms with Crippen molar-refractivity contribution in [3.63, 3.8) is 0 Å². The van der Waals surface area contributed by atoms with E-state index < -0.39 is 6.17 Å². The molecule has 0 spiro atoms. The summed E-state index contributed by atoms with van der Waals surface area (Å²) in [7, 11) is 0. The van der Waals surface area contributed by atoms with Gasteiger partial charge in [-0.25, -0.2) is 9.98 Å². The fourth-order valence-corrected chi connectivity index (χ4v) is 10.0. The van der Waals surface area contributed by atoms with Crippen molar-refractivity contribution in [2.75, 3.05) is 0 Å². The Morgan fingerprint density at radius 1 is 0.524 bits per heavy atom. The highest BCUT2D eigenvalue weighted by Crippen LogP contribution is 2.48. The summed E-state index contributed by atoms with van der Waals surface area (Å²) in [6.45, 7) is 0. The summed E-state index contributed by atoms with van der Waals surface area (Å²) in [5, 5.41) is 8.55. The molecule has 0 bridgehead atoms. The van der Waals surface area contributed by atoms with Crippen molar-refractivity contribution in [1.82, 2.24) is 14.9 Å². The Labute approximate surface area is 363 Å². The van der Waals surface area contributed by atoms with Crippen molar-refractivity contribution in [2.45, 2.75) is 18.2 Å². The Balaban J connectivity index is 0.884. The summed E-state index contributed by atoms with van der Waals surface area (Å²) in [6, 6.07) is 66.6. The van der Waals surface area contributed by atoms with Gasteiger partial charge < -0.3 is 19.6 Å². The zero-order chi connectivity index (χ0) is 41.4. The van der Waals surface area contributed by atoms with Crippen LogP contribution in [0.3, 0.4) is 0 Å². The minimum absolute atomic E-state index is 0.00639. The molecule has 3 aliphatic rings. The molecule has 3 unspecified atom stereocenters. The Morgan fingerprint density at radius 2 is 1.19 bits per heavy atom. The largest absolute Gasteiger partial charge is 0.485 e. The molecule has 0 radical (unpaired) electrons. The molecular formula is C57H39N5O. The number of hydrogen-bond donors (Lipinski definition) is 2. The molecular weight excluding hydrogens is 771 g/mol. The third kappa shape index (κ3) is 5.79. The van der Waals surface area contributed by atoms with Crippen molar-refractivity contribution in [1.29, 1.82) is 0 Å². The summed E-state index contributed by atoms with van der Waals surface area (Å²) in [4.78, 5) is 14.4. The average molecular weight is 810 g/mol. The summed E-state index contributed by atoms with van der Waals surface area (Å²) >= 11 is 0. The maximum Gasteiger partial charge on any atom is 0.170 e. The second-order valence-corrected chi connectivity index (χ2v) is 16.6. The van der Waals surface area contributed by atoms with Gasteiger partial charge in [0.2, 0.25) is 0 Å². The maximum absolute atomic E-state index is 6.68. The molecule has 3 atom stereocenters. The summed E-state index contributed by atoms with van der Waals surface area (Å²) in [5.74, 6) is 2.44. The number of nitrogens with zero attached hydrogens (tertiary/aromatic N) is 3. The van der Waals surface area contributed by atoms with E-state index in [0.717, 1.165) is 62.0 Å². The van der Waals surface area contributed by atoms with Crippen LogP contribution in [0, 0.1) is 0 Å². The second kappa shape index (κ2) is 14.2. The Bertz CT molecular complexity index is 3570. The number of para-hydroxylation sites is 4. The number of rotatable bonds is 6. The average Bonchev–Trinajstić information content (AvgIpc) is 4.04. The third-order valence-corrected chi connectivity index (χ3v) is 13.0. The van der Waals surface area contributed by atoms with Crippen LogP contribution in [-0.2, 0) is 0 Å². The highest BCUT2D eigenvalue weighted by molar-refractivity contribution is 6.16. The fourth-order valence-electron chi connectivity index (χ4n) is 10.0. The number of nitrogens with one attached hydrogen (secondary N) is 2. The zero-order valence-corrected chi connectivity index (χ0v) is 34.1. The highest BCUT2D eigenvalue weighted by atomic mass is 16.5. The number of H-pyrrole nitrogens is 1. The first-order valence-electron chi connectivity index (χ1n) is 21.6. The quantitative estimate of drug-likeness (QED) is 0.176. The highest BCUT2D eigenvalue weighted by Gasteiger charge is 2.38. The molecule has 2 aromatic heterocycles. The zero-order valence-electron chi connectivity index (χ0n) is 34.1. The van der Waals surface area contributed by atoms with Gasteiger partial charge in [-0.05, 0) is 65.2 Å². The number of allylic oxidation sites excluding steroid dienone is 2. The number of fused-ring (bicyclic) bond motifs is 9. The molecule has 13 rings (SSSR count).